The van der Waals surface area contributed by atoms with Crippen LogP contribution in [0.15, 0.2) is 66.7 Å². The van der Waals surface area contributed by atoms with Crippen molar-refractivity contribution in [2.24, 2.45) is 0 Å². The van der Waals surface area contributed by atoms with Gasteiger partial charge in [-0.3, -0.25) is 4.79 Å². The molecule has 0 atom stereocenters. The highest BCUT2D eigenvalue weighted by atomic mass is 16.5. The maximum Gasteiger partial charge on any atom is 0.272 e. The van der Waals surface area contributed by atoms with Crippen molar-refractivity contribution in [1.82, 2.24) is 15.5 Å². The Hall–Kier alpha value is -3.45. The molecule has 0 radical (unpaired) electrons. The summed E-state index contributed by atoms with van der Waals surface area (Å²) in [6, 6.07) is 21.4. The van der Waals surface area contributed by atoms with Crippen LogP contribution in [0.2, 0.25) is 0 Å². The van der Waals surface area contributed by atoms with Crippen LogP contribution in [0, 0.1) is 0 Å². The molecule has 1 fully saturated rings. The summed E-state index contributed by atoms with van der Waals surface area (Å²) in [7, 11) is 0. The zero-order valence-corrected chi connectivity index (χ0v) is 16.0. The number of hydrogen-bond donors (Lipinski definition) is 3. The number of nitrogens with one attached hydrogen (secondary N) is 3. The first-order valence-corrected chi connectivity index (χ1v) is 9.68. The number of rotatable bonds is 6. The Morgan fingerprint density at radius 2 is 1.45 bits per heavy atom. The molecule has 1 saturated heterocycles. The summed E-state index contributed by atoms with van der Waals surface area (Å²) in [6.07, 6.45) is 1.65. The second-order valence-corrected chi connectivity index (χ2v) is 6.86. The van der Waals surface area contributed by atoms with Gasteiger partial charge in [-0.2, -0.15) is 0 Å². The number of anilines is 4. The van der Waals surface area contributed by atoms with Gasteiger partial charge in [0.2, 0.25) is 0 Å². The topological polar surface area (TPSA) is 88.2 Å². The number of para-hydroxylation sites is 1. The van der Waals surface area contributed by atoms with Crippen molar-refractivity contribution in [3.05, 3.63) is 72.4 Å². The van der Waals surface area contributed by atoms with Crippen LogP contribution < -0.4 is 16.0 Å². The van der Waals surface area contributed by atoms with Gasteiger partial charge in [-0.1, -0.05) is 18.2 Å². The number of amides is 1. The molecule has 0 aliphatic carbocycles. The van der Waals surface area contributed by atoms with E-state index in [0.29, 0.717) is 24.7 Å². The smallest absolute Gasteiger partial charge is 0.272 e. The molecule has 148 valence electrons. The Balaban J connectivity index is 1.33. The van der Waals surface area contributed by atoms with E-state index in [1.54, 1.807) is 12.1 Å². The number of carbonyl (C=O) groups is 1. The lowest BCUT2D eigenvalue weighted by molar-refractivity contribution is 0.0693. The van der Waals surface area contributed by atoms with E-state index in [9.17, 15) is 4.79 Å². The summed E-state index contributed by atoms with van der Waals surface area (Å²) >= 11 is 0. The SMILES string of the molecule is O=C(NC1CCOCC1)c1ccc(Nc2ccc(Nc3ccccc3)cc2)nn1. The summed E-state index contributed by atoms with van der Waals surface area (Å²) < 4.78 is 5.30. The van der Waals surface area contributed by atoms with E-state index in [2.05, 4.69) is 26.1 Å². The minimum atomic E-state index is -0.202. The van der Waals surface area contributed by atoms with Crippen molar-refractivity contribution in [3.8, 4) is 0 Å². The molecule has 29 heavy (non-hydrogen) atoms. The van der Waals surface area contributed by atoms with Crippen molar-refractivity contribution in [2.45, 2.75) is 18.9 Å². The molecule has 1 aromatic heterocycles. The minimum absolute atomic E-state index is 0.138. The number of aromatic nitrogens is 2. The Labute approximate surface area is 169 Å². The van der Waals surface area contributed by atoms with Gasteiger partial charge < -0.3 is 20.7 Å². The van der Waals surface area contributed by atoms with E-state index in [1.165, 1.54) is 0 Å². The number of benzene rings is 2. The van der Waals surface area contributed by atoms with E-state index < -0.39 is 0 Å². The zero-order chi connectivity index (χ0) is 19.9. The number of hydrogen-bond acceptors (Lipinski definition) is 6. The molecule has 0 unspecified atom stereocenters. The summed E-state index contributed by atoms with van der Waals surface area (Å²) in [5.41, 5.74) is 3.23. The minimum Gasteiger partial charge on any atom is -0.381 e. The van der Waals surface area contributed by atoms with E-state index in [0.717, 1.165) is 29.9 Å². The molecule has 1 amide bonds. The Kier molecular flexibility index (Phi) is 5.97. The lowest BCUT2D eigenvalue weighted by atomic mass is 10.1. The van der Waals surface area contributed by atoms with Gasteiger partial charge in [-0.15, -0.1) is 10.2 Å². The monoisotopic (exact) mass is 389 g/mol. The van der Waals surface area contributed by atoms with Crippen LogP contribution in [0.3, 0.4) is 0 Å². The molecule has 2 heterocycles. The standard InChI is InChI=1S/C22H23N5O2/c28-22(25-19-12-14-29-15-13-19)20-10-11-21(27-26-20)24-18-8-6-17(7-9-18)23-16-4-2-1-3-5-16/h1-11,19,23H,12-15H2,(H,24,27)(H,25,28). The third kappa shape index (κ3) is 5.30. The molecule has 0 saturated carbocycles. The largest absolute Gasteiger partial charge is 0.381 e. The predicted molar refractivity (Wildman–Crippen MR) is 113 cm³/mol. The molecule has 3 N–H and O–H groups in total. The molecule has 3 aromatic rings. The second-order valence-electron chi connectivity index (χ2n) is 6.86. The lowest BCUT2D eigenvalue weighted by Crippen LogP contribution is -2.39. The van der Waals surface area contributed by atoms with Gasteiger partial charge >= 0.3 is 0 Å². The van der Waals surface area contributed by atoms with Crippen LogP contribution in [0.5, 0.6) is 0 Å². The van der Waals surface area contributed by atoms with E-state index in [1.807, 2.05) is 54.6 Å². The first-order valence-electron chi connectivity index (χ1n) is 9.68. The van der Waals surface area contributed by atoms with Gasteiger partial charge in [0.15, 0.2) is 11.5 Å². The van der Waals surface area contributed by atoms with Crippen LogP contribution in [-0.4, -0.2) is 35.4 Å². The average molecular weight is 389 g/mol. The maximum atomic E-state index is 12.3. The van der Waals surface area contributed by atoms with Crippen molar-refractivity contribution in [1.29, 1.82) is 0 Å². The highest BCUT2D eigenvalue weighted by Crippen LogP contribution is 2.20. The van der Waals surface area contributed by atoms with E-state index in [4.69, 9.17) is 4.74 Å². The molecule has 1 aliphatic heterocycles. The number of nitrogens with zero attached hydrogens (tertiary/aromatic N) is 2. The molecule has 0 spiro atoms. The highest BCUT2D eigenvalue weighted by Gasteiger charge is 2.18. The summed E-state index contributed by atoms with van der Waals surface area (Å²) in [4.78, 5) is 12.3. The molecule has 2 aromatic carbocycles. The van der Waals surface area contributed by atoms with Crippen LogP contribution >= 0.6 is 0 Å². The van der Waals surface area contributed by atoms with Crippen LogP contribution in [0.4, 0.5) is 22.9 Å². The highest BCUT2D eigenvalue weighted by molar-refractivity contribution is 5.92. The third-order valence-corrected chi connectivity index (χ3v) is 4.67. The van der Waals surface area contributed by atoms with Gasteiger partial charge in [0.1, 0.15) is 0 Å². The quantitative estimate of drug-likeness (QED) is 0.593. The third-order valence-electron chi connectivity index (χ3n) is 4.67. The molecular formula is C22H23N5O2. The number of ether oxygens (including phenoxy) is 1. The molecule has 7 heteroatoms. The lowest BCUT2D eigenvalue weighted by Gasteiger charge is -2.22. The second kappa shape index (κ2) is 9.16. The zero-order valence-electron chi connectivity index (χ0n) is 16.0. The molecule has 1 aliphatic rings. The summed E-state index contributed by atoms with van der Waals surface area (Å²) in [5, 5.41) is 17.7. The summed E-state index contributed by atoms with van der Waals surface area (Å²) in [5.74, 6) is 0.378. The first-order chi connectivity index (χ1) is 14.3. The maximum absolute atomic E-state index is 12.3. The average Bonchev–Trinajstić information content (AvgIpc) is 2.77. The van der Waals surface area contributed by atoms with E-state index in [-0.39, 0.29) is 11.9 Å². The molecule has 7 nitrogen and oxygen atoms in total. The van der Waals surface area contributed by atoms with Gasteiger partial charge in [0.25, 0.3) is 5.91 Å². The van der Waals surface area contributed by atoms with Crippen molar-refractivity contribution in [2.75, 3.05) is 23.8 Å². The first kappa shape index (κ1) is 18.9. The van der Waals surface area contributed by atoms with Gasteiger partial charge in [-0.05, 0) is 61.4 Å². The van der Waals surface area contributed by atoms with Gasteiger partial charge in [0, 0.05) is 36.3 Å². The van der Waals surface area contributed by atoms with Crippen LogP contribution in [0.1, 0.15) is 23.3 Å². The van der Waals surface area contributed by atoms with E-state index >= 15 is 0 Å². The fourth-order valence-electron chi connectivity index (χ4n) is 3.09. The van der Waals surface area contributed by atoms with Crippen molar-refractivity contribution >= 4 is 28.8 Å². The summed E-state index contributed by atoms with van der Waals surface area (Å²) in [6.45, 7) is 1.36. The fraction of sp³-hybridized carbons (Fsp3) is 0.227. The van der Waals surface area contributed by atoms with Crippen molar-refractivity contribution < 1.29 is 9.53 Å². The Morgan fingerprint density at radius 1 is 0.793 bits per heavy atom. The number of carbonyl (C=O) groups excluding carboxylic acids is 1. The van der Waals surface area contributed by atoms with Crippen LogP contribution in [-0.2, 0) is 4.74 Å². The van der Waals surface area contributed by atoms with Crippen molar-refractivity contribution in [3.63, 3.8) is 0 Å². The molecular weight excluding hydrogens is 366 g/mol. The molecule has 0 bridgehead atoms. The Bertz CT molecular complexity index is 924. The van der Waals surface area contributed by atoms with Gasteiger partial charge in [-0.25, -0.2) is 0 Å². The normalized spacial score (nSPS) is 14.2. The molecule has 4 rings (SSSR count). The fourth-order valence-corrected chi connectivity index (χ4v) is 3.09. The predicted octanol–water partition coefficient (Wildman–Crippen LogP) is 3.87. The van der Waals surface area contributed by atoms with Gasteiger partial charge in [0.05, 0.1) is 0 Å². The Morgan fingerprint density at radius 3 is 2.10 bits per heavy atom. The van der Waals surface area contributed by atoms with Crippen LogP contribution in [0.25, 0.3) is 0 Å².